The molecule has 0 saturated carbocycles. The average molecular weight is 361 g/mol. The molecule has 0 bridgehead atoms. The standard InChI is InChI=1S/C23H23NO3/c25-23(19-10-5-2-6-11-19)27-22(18-8-3-1-4-9-18)20-12-7-13-21(20)24-14-16-26-17-15-24/h1-6,8-11,13H,7,12,14-17H2. The van der Waals surface area contributed by atoms with Crippen molar-refractivity contribution in [2.75, 3.05) is 26.3 Å². The van der Waals surface area contributed by atoms with Gasteiger partial charge in [0.25, 0.3) is 0 Å². The van der Waals surface area contributed by atoms with Crippen LogP contribution in [-0.4, -0.2) is 37.2 Å². The van der Waals surface area contributed by atoms with E-state index in [0.717, 1.165) is 50.3 Å². The van der Waals surface area contributed by atoms with E-state index in [-0.39, 0.29) is 5.97 Å². The number of ether oxygens (including phenoxy) is 2. The highest BCUT2D eigenvalue weighted by Gasteiger charge is 2.26. The average Bonchev–Trinajstić information content (AvgIpc) is 3.23. The van der Waals surface area contributed by atoms with Crippen molar-refractivity contribution in [2.24, 2.45) is 0 Å². The molecule has 4 heteroatoms. The van der Waals surface area contributed by atoms with Crippen molar-refractivity contribution < 1.29 is 14.3 Å². The lowest BCUT2D eigenvalue weighted by Gasteiger charge is -2.31. The van der Waals surface area contributed by atoms with Crippen LogP contribution in [0.4, 0.5) is 0 Å². The maximum absolute atomic E-state index is 12.8. The SMILES string of the molecule is O=C(OC(=C1CCC=C1N1CCOCC1)c1ccccc1)c1ccccc1. The third-order valence-corrected chi connectivity index (χ3v) is 4.91. The molecule has 1 heterocycles. The molecule has 1 fully saturated rings. The Morgan fingerprint density at radius 1 is 0.889 bits per heavy atom. The van der Waals surface area contributed by atoms with Crippen LogP contribution < -0.4 is 0 Å². The van der Waals surface area contributed by atoms with Crippen LogP contribution in [0.3, 0.4) is 0 Å². The summed E-state index contributed by atoms with van der Waals surface area (Å²) in [5, 5.41) is 0. The quantitative estimate of drug-likeness (QED) is 0.602. The van der Waals surface area contributed by atoms with Crippen molar-refractivity contribution in [1.29, 1.82) is 0 Å². The first-order valence-electron chi connectivity index (χ1n) is 9.42. The highest BCUT2D eigenvalue weighted by Crippen LogP contribution is 2.36. The van der Waals surface area contributed by atoms with E-state index in [2.05, 4.69) is 11.0 Å². The number of nitrogens with zero attached hydrogens (tertiary/aromatic N) is 1. The maximum Gasteiger partial charge on any atom is 0.343 e. The molecule has 27 heavy (non-hydrogen) atoms. The van der Waals surface area contributed by atoms with E-state index in [1.54, 1.807) is 12.1 Å². The minimum Gasteiger partial charge on any atom is -0.422 e. The molecule has 2 aromatic rings. The van der Waals surface area contributed by atoms with Crippen molar-refractivity contribution in [3.63, 3.8) is 0 Å². The van der Waals surface area contributed by atoms with Gasteiger partial charge in [-0.25, -0.2) is 4.79 Å². The predicted molar refractivity (Wildman–Crippen MR) is 105 cm³/mol. The summed E-state index contributed by atoms with van der Waals surface area (Å²) in [4.78, 5) is 15.1. The van der Waals surface area contributed by atoms with Gasteiger partial charge in [-0.15, -0.1) is 0 Å². The number of esters is 1. The number of hydrogen-bond donors (Lipinski definition) is 0. The Kier molecular flexibility index (Phi) is 5.35. The monoisotopic (exact) mass is 361 g/mol. The molecular weight excluding hydrogens is 338 g/mol. The molecule has 0 spiro atoms. The Morgan fingerprint density at radius 2 is 1.52 bits per heavy atom. The first kappa shape index (κ1) is 17.6. The van der Waals surface area contributed by atoms with Crippen LogP contribution in [-0.2, 0) is 9.47 Å². The second-order valence-electron chi connectivity index (χ2n) is 6.66. The smallest absolute Gasteiger partial charge is 0.343 e. The highest BCUT2D eigenvalue weighted by atomic mass is 16.5. The van der Waals surface area contributed by atoms with Crippen molar-refractivity contribution >= 4 is 11.7 Å². The van der Waals surface area contributed by atoms with Gasteiger partial charge < -0.3 is 14.4 Å². The topological polar surface area (TPSA) is 38.8 Å². The van der Waals surface area contributed by atoms with E-state index in [4.69, 9.17) is 9.47 Å². The minimum absolute atomic E-state index is 0.324. The van der Waals surface area contributed by atoms with E-state index < -0.39 is 0 Å². The second kappa shape index (κ2) is 8.23. The van der Waals surface area contributed by atoms with Crippen molar-refractivity contribution in [3.05, 3.63) is 89.1 Å². The molecule has 2 aromatic carbocycles. The summed E-state index contributed by atoms with van der Waals surface area (Å²) in [7, 11) is 0. The summed E-state index contributed by atoms with van der Waals surface area (Å²) in [5.74, 6) is 0.342. The molecule has 1 aliphatic carbocycles. The lowest BCUT2D eigenvalue weighted by Crippen LogP contribution is -2.35. The number of hydrogen-bond acceptors (Lipinski definition) is 4. The van der Waals surface area contributed by atoms with Crippen molar-refractivity contribution in [1.82, 2.24) is 4.90 Å². The molecule has 4 rings (SSSR count). The molecule has 1 saturated heterocycles. The summed E-state index contributed by atoms with van der Waals surface area (Å²) in [5.41, 5.74) is 3.77. The minimum atomic E-state index is -0.324. The molecule has 0 unspecified atom stereocenters. The molecule has 138 valence electrons. The van der Waals surface area contributed by atoms with Crippen LogP contribution in [0.2, 0.25) is 0 Å². The molecule has 0 atom stereocenters. The van der Waals surface area contributed by atoms with Crippen molar-refractivity contribution in [3.8, 4) is 0 Å². The van der Waals surface area contributed by atoms with Crippen LogP contribution in [0, 0.1) is 0 Å². The fraction of sp³-hybridized carbons (Fsp3) is 0.261. The molecule has 1 aliphatic heterocycles. The van der Waals surface area contributed by atoms with E-state index in [1.165, 1.54) is 5.70 Å². The first-order chi connectivity index (χ1) is 13.3. The molecule has 0 amide bonds. The van der Waals surface area contributed by atoms with Gasteiger partial charge in [0.15, 0.2) is 0 Å². The fourth-order valence-electron chi connectivity index (χ4n) is 3.57. The Balaban J connectivity index is 1.70. The molecule has 2 aliphatic rings. The molecule has 4 nitrogen and oxygen atoms in total. The van der Waals surface area contributed by atoms with E-state index in [1.807, 2.05) is 48.5 Å². The zero-order chi connectivity index (χ0) is 18.5. The Morgan fingerprint density at radius 3 is 2.19 bits per heavy atom. The third-order valence-electron chi connectivity index (χ3n) is 4.91. The Hall–Kier alpha value is -2.85. The fourth-order valence-corrected chi connectivity index (χ4v) is 3.57. The molecule has 0 radical (unpaired) electrons. The van der Waals surface area contributed by atoms with E-state index >= 15 is 0 Å². The van der Waals surface area contributed by atoms with Gasteiger partial charge in [0.1, 0.15) is 5.76 Å². The van der Waals surface area contributed by atoms with Crippen LogP contribution in [0.15, 0.2) is 78.0 Å². The predicted octanol–water partition coefficient (Wildman–Crippen LogP) is 4.26. The van der Waals surface area contributed by atoms with E-state index in [9.17, 15) is 4.79 Å². The summed E-state index contributed by atoms with van der Waals surface area (Å²) < 4.78 is 11.5. The number of allylic oxidation sites excluding steroid dienone is 2. The van der Waals surface area contributed by atoms with Gasteiger partial charge in [0.05, 0.1) is 18.8 Å². The molecular formula is C23H23NO3. The largest absolute Gasteiger partial charge is 0.422 e. The zero-order valence-corrected chi connectivity index (χ0v) is 15.3. The van der Waals surface area contributed by atoms with Crippen LogP contribution in [0.5, 0.6) is 0 Å². The normalized spacial score (nSPS) is 18.8. The number of carbonyl (C=O) groups is 1. The lowest BCUT2D eigenvalue weighted by molar-refractivity contribution is 0.0545. The second-order valence-corrected chi connectivity index (χ2v) is 6.66. The highest BCUT2D eigenvalue weighted by molar-refractivity contribution is 5.93. The number of benzene rings is 2. The summed E-state index contributed by atoms with van der Waals surface area (Å²) in [6.07, 6.45) is 4.08. The van der Waals surface area contributed by atoms with Gasteiger partial charge in [-0.3, -0.25) is 0 Å². The van der Waals surface area contributed by atoms with Gasteiger partial charge >= 0.3 is 5.97 Å². The van der Waals surface area contributed by atoms with Gasteiger partial charge in [0, 0.05) is 29.9 Å². The zero-order valence-electron chi connectivity index (χ0n) is 15.3. The summed E-state index contributed by atoms with van der Waals surface area (Å²) >= 11 is 0. The van der Waals surface area contributed by atoms with Gasteiger partial charge in [-0.05, 0) is 25.0 Å². The van der Waals surface area contributed by atoms with E-state index in [0.29, 0.717) is 11.3 Å². The van der Waals surface area contributed by atoms with Crippen molar-refractivity contribution in [2.45, 2.75) is 12.8 Å². The molecule has 0 aromatic heterocycles. The summed E-state index contributed by atoms with van der Waals surface area (Å²) in [6.45, 7) is 3.19. The Bertz CT molecular complexity index is 850. The van der Waals surface area contributed by atoms with Crippen LogP contribution >= 0.6 is 0 Å². The lowest BCUT2D eigenvalue weighted by atomic mass is 10.0. The summed E-state index contributed by atoms with van der Waals surface area (Å²) in [6, 6.07) is 19.1. The third kappa shape index (κ3) is 3.96. The first-order valence-corrected chi connectivity index (χ1v) is 9.42. The number of morpholine rings is 1. The van der Waals surface area contributed by atoms with Gasteiger partial charge in [-0.1, -0.05) is 54.6 Å². The van der Waals surface area contributed by atoms with Gasteiger partial charge in [0.2, 0.25) is 0 Å². The maximum atomic E-state index is 12.8. The number of carbonyl (C=O) groups excluding carboxylic acids is 1. The van der Waals surface area contributed by atoms with Crippen LogP contribution in [0.25, 0.3) is 5.76 Å². The Labute approximate surface area is 159 Å². The number of rotatable bonds is 4. The molecule has 0 N–H and O–H groups in total. The van der Waals surface area contributed by atoms with Crippen LogP contribution in [0.1, 0.15) is 28.8 Å². The van der Waals surface area contributed by atoms with Gasteiger partial charge in [-0.2, -0.15) is 0 Å².